The molecule has 0 bridgehead atoms. The van der Waals surface area contributed by atoms with E-state index in [9.17, 15) is 9.90 Å². The number of rotatable bonds is 6. The van der Waals surface area contributed by atoms with Crippen LogP contribution in [0.3, 0.4) is 0 Å². The van der Waals surface area contributed by atoms with Gasteiger partial charge in [-0.2, -0.15) is 5.10 Å². The van der Waals surface area contributed by atoms with E-state index in [0.717, 1.165) is 36.8 Å². The molecular weight excluding hydrogens is 310 g/mol. The molecule has 0 spiro atoms. The van der Waals surface area contributed by atoms with Gasteiger partial charge in [0.15, 0.2) is 0 Å². The number of aromatic nitrogens is 2. The first kappa shape index (κ1) is 16.2. The van der Waals surface area contributed by atoms with Crippen LogP contribution in [0.15, 0.2) is 23.8 Å². The highest BCUT2D eigenvalue weighted by Gasteiger charge is 2.36. The van der Waals surface area contributed by atoms with Crippen molar-refractivity contribution < 1.29 is 9.90 Å². The fourth-order valence-corrected chi connectivity index (χ4v) is 4.05. The molecule has 6 heteroatoms. The zero-order valence-corrected chi connectivity index (χ0v) is 14.3. The van der Waals surface area contributed by atoms with Crippen molar-refractivity contribution in [2.75, 3.05) is 0 Å². The summed E-state index contributed by atoms with van der Waals surface area (Å²) in [6, 6.07) is 1.90. The number of hydrogen-bond donors (Lipinski definition) is 2. The number of hydrogen-bond acceptors (Lipinski definition) is 4. The number of aryl methyl sites for hydroxylation is 2. The summed E-state index contributed by atoms with van der Waals surface area (Å²) >= 11 is 1.64. The molecule has 1 amide bonds. The fourth-order valence-electron chi connectivity index (χ4n) is 3.08. The van der Waals surface area contributed by atoms with Crippen molar-refractivity contribution >= 4 is 17.2 Å². The van der Waals surface area contributed by atoms with Crippen LogP contribution in [-0.2, 0) is 13.5 Å². The Labute approximate surface area is 140 Å². The predicted octanol–water partition coefficient (Wildman–Crippen LogP) is 2.68. The molecule has 0 radical (unpaired) electrons. The van der Waals surface area contributed by atoms with Crippen LogP contribution < -0.4 is 5.32 Å². The topological polar surface area (TPSA) is 67.2 Å². The molecule has 1 aliphatic carbocycles. The van der Waals surface area contributed by atoms with E-state index in [0.29, 0.717) is 0 Å². The lowest BCUT2D eigenvalue weighted by Gasteiger charge is -2.37. The lowest BCUT2D eigenvalue weighted by atomic mass is 9.75. The van der Waals surface area contributed by atoms with Gasteiger partial charge in [0.25, 0.3) is 5.91 Å². The van der Waals surface area contributed by atoms with Crippen LogP contribution in [0.25, 0.3) is 0 Å². The molecule has 1 saturated carbocycles. The monoisotopic (exact) mass is 333 g/mol. The number of carbonyl (C=O) groups is 1. The van der Waals surface area contributed by atoms with Gasteiger partial charge in [0.05, 0.1) is 23.9 Å². The molecule has 2 heterocycles. The van der Waals surface area contributed by atoms with Gasteiger partial charge in [-0.1, -0.05) is 13.3 Å². The summed E-state index contributed by atoms with van der Waals surface area (Å²) in [4.78, 5) is 13.8. The quantitative estimate of drug-likeness (QED) is 0.854. The predicted molar refractivity (Wildman–Crippen MR) is 90.5 cm³/mol. The number of carbonyl (C=O) groups excluding carboxylic acids is 1. The number of thiophene rings is 1. The van der Waals surface area contributed by atoms with Gasteiger partial charge in [0.2, 0.25) is 0 Å². The molecule has 2 aromatic rings. The minimum atomic E-state index is -0.242. The molecule has 0 aromatic carbocycles. The van der Waals surface area contributed by atoms with E-state index in [4.69, 9.17) is 0 Å². The molecule has 1 aliphatic rings. The maximum atomic E-state index is 12.6. The van der Waals surface area contributed by atoms with Gasteiger partial charge in [-0.25, -0.2) is 0 Å². The summed E-state index contributed by atoms with van der Waals surface area (Å²) in [5, 5.41) is 18.9. The summed E-state index contributed by atoms with van der Waals surface area (Å²) in [5.41, 5.74) is 1.73. The lowest BCUT2D eigenvalue weighted by molar-refractivity contribution is 0.0235. The number of aliphatic hydroxyl groups excluding tert-OH is 1. The Morgan fingerprint density at radius 3 is 2.96 bits per heavy atom. The van der Waals surface area contributed by atoms with Gasteiger partial charge in [-0.3, -0.25) is 9.48 Å². The molecule has 0 unspecified atom stereocenters. The van der Waals surface area contributed by atoms with Gasteiger partial charge < -0.3 is 10.4 Å². The number of nitrogens with one attached hydrogen (secondary N) is 1. The third-order valence-corrected chi connectivity index (χ3v) is 5.40. The molecule has 0 saturated heterocycles. The SMILES string of the molecule is CCCc1cc(C(=O)N[C@H](c2cnn(C)c2)C2CC(O)C2)cs1. The Bertz CT molecular complexity index is 673. The van der Waals surface area contributed by atoms with Gasteiger partial charge in [-0.15, -0.1) is 11.3 Å². The fraction of sp³-hybridized carbons (Fsp3) is 0.529. The minimum Gasteiger partial charge on any atom is -0.393 e. The molecule has 0 aliphatic heterocycles. The van der Waals surface area contributed by atoms with Gasteiger partial charge in [0.1, 0.15) is 0 Å². The van der Waals surface area contributed by atoms with Crippen molar-refractivity contribution in [1.82, 2.24) is 15.1 Å². The average Bonchev–Trinajstić information content (AvgIpc) is 3.11. The van der Waals surface area contributed by atoms with Crippen molar-refractivity contribution in [3.63, 3.8) is 0 Å². The summed E-state index contributed by atoms with van der Waals surface area (Å²) < 4.78 is 1.74. The van der Waals surface area contributed by atoms with Crippen LogP contribution in [0.5, 0.6) is 0 Å². The second-order valence-corrected chi connectivity index (χ2v) is 7.33. The summed E-state index contributed by atoms with van der Waals surface area (Å²) in [7, 11) is 1.87. The van der Waals surface area contributed by atoms with Crippen molar-refractivity contribution in [3.05, 3.63) is 39.8 Å². The average molecular weight is 333 g/mol. The normalized spacial score (nSPS) is 21.7. The first-order valence-corrected chi connectivity index (χ1v) is 8.99. The largest absolute Gasteiger partial charge is 0.393 e. The van der Waals surface area contributed by atoms with Crippen molar-refractivity contribution in [2.45, 2.75) is 44.8 Å². The summed E-state index contributed by atoms with van der Waals surface area (Å²) in [6.07, 6.45) is 7.04. The van der Waals surface area contributed by atoms with Crippen LogP contribution in [0.1, 0.15) is 53.0 Å². The third kappa shape index (κ3) is 3.64. The zero-order chi connectivity index (χ0) is 16.4. The molecule has 124 valence electrons. The number of amides is 1. The van der Waals surface area contributed by atoms with E-state index in [2.05, 4.69) is 17.3 Å². The van der Waals surface area contributed by atoms with E-state index in [1.165, 1.54) is 4.88 Å². The maximum absolute atomic E-state index is 12.6. The molecule has 5 nitrogen and oxygen atoms in total. The second-order valence-electron chi connectivity index (χ2n) is 6.34. The number of aliphatic hydroxyl groups is 1. The van der Waals surface area contributed by atoms with Crippen LogP contribution in [0.2, 0.25) is 0 Å². The smallest absolute Gasteiger partial charge is 0.252 e. The van der Waals surface area contributed by atoms with Crippen LogP contribution in [-0.4, -0.2) is 26.9 Å². The van der Waals surface area contributed by atoms with E-state index in [-0.39, 0.29) is 24.0 Å². The Hall–Kier alpha value is -1.66. The lowest BCUT2D eigenvalue weighted by Crippen LogP contribution is -2.41. The van der Waals surface area contributed by atoms with E-state index >= 15 is 0 Å². The molecule has 23 heavy (non-hydrogen) atoms. The maximum Gasteiger partial charge on any atom is 0.252 e. The molecule has 1 fully saturated rings. The Kier molecular flexibility index (Phi) is 4.82. The molecule has 2 N–H and O–H groups in total. The highest BCUT2D eigenvalue weighted by atomic mass is 32.1. The van der Waals surface area contributed by atoms with Crippen molar-refractivity contribution in [2.24, 2.45) is 13.0 Å². The summed E-state index contributed by atoms with van der Waals surface area (Å²) in [5.74, 6) is 0.228. The standard InChI is InChI=1S/C17H23N3O2S/c1-3-4-15-7-12(10-23-15)17(22)19-16(11-5-14(21)6-11)13-8-18-20(2)9-13/h7-11,14,16,21H,3-6H2,1-2H3,(H,19,22)/t11?,14?,16-/m0/s1. The molecule has 3 rings (SSSR count). The van der Waals surface area contributed by atoms with E-state index < -0.39 is 0 Å². The van der Waals surface area contributed by atoms with Crippen LogP contribution in [0.4, 0.5) is 0 Å². The van der Waals surface area contributed by atoms with Crippen molar-refractivity contribution in [1.29, 1.82) is 0 Å². The van der Waals surface area contributed by atoms with Crippen molar-refractivity contribution in [3.8, 4) is 0 Å². The van der Waals surface area contributed by atoms with Gasteiger partial charge in [-0.05, 0) is 31.2 Å². The minimum absolute atomic E-state index is 0.0427. The first-order chi connectivity index (χ1) is 11.1. The highest BCUT2D eigenvalue weighted by molar-refractivity contribution is 7.10. The molecule has 1 atom stereocenters. The van der Waals surface area contributed by atoms with E-state index in [1.807, 2.05) is 24.7 Å². The summed E-state index contributed by atoms with van der Waals surface area (Å²) in [6.45, 7) is 2.14. The Morgan fingerprint density at radius 1 is 1.57 bits per heavy atom. The first-order valence-electron chi connectivity index (χ1n) is 8.11. The van der Waals surface area contributed by atoms with Gasteiger partial charge in [0, 0.05) is 29.1 Å². The zero-order valence-electron chi connectivity index (χ0n) is 13.5. The second kappa shape index (κ2) is 6.84. The third-order valence-electron chi connectivity index (χ3n) is 4.40. The van der Waals surface area contributed by atoms with E-state index in [1.54, 1.807) is 22.2 Å². The Balaban J connectivity index is 1.73. The Morgan fingerprint density at radius 2 is 2.35 bits per heavy atom. The van der Waals surface area contributed by atoms with Gasteiger partial charge >= 0.3 is 0 Å². The molecular formula is C17H23N3O2S. The van der Waals surface area contributed by atoms with Crippen LogP contribution in [0, 0.1) is 5.92 Å². The highest BCUT2D eigenvalue weighted by Crippen LogP contribution is 2.38. The number of nitrogens with zero attached hydrogens (tertiary/aromatic N) is 2. The van der Waals surface area contributed by atoms with Crippen LogP contribution >= 0.6 is 11.3 Å². The molecule has 2 aromatic heterocycles.